The second-order valence-electron chi connectivity index (χ2n) is 8.81. The van der Waals surface area contributed by atoms with Crippen molar-refractivity contribution in [2.45, 2.75) is 19.3 Å². The van der Waals surface area contributed by atoms with Crippen LogP contribution in [0.2, 0.25) is 0 Å². The second-order valence-corrected chi connectivity index (χ2v) is 8.81. The summed E-state index contributed by atoms with van der Waals surface area (Å²) in [5, 5.41) is 9.14. The van der Waals surface area contributed by atoms with Gasteiger partial charge in [0.2, 0.25) is 0 Å². The van der Waals surface area contributed by atoms with Gasteiger partial charge in [0.15, 0.2) is 0 Å². The van der Waals surface area contributed by atoms with Gasteiger partial charge in [0.25, 0.3) is 0 Å². The van der Waals surface area contributed by atoms with Crippen LogP contribution in [-0.2, 0) is 12.8 Å². The molecule has 2 amide bonds. The molecule has 1 atom stereocenters. The van der Waals surface area contributed by atoms with Crippen LogP contribution in [0.4, 0.5) is 21.9 Å². The first-order valence-corrected chi connectivity index (χ1v) is 11.4. The first kappa shape index (κ1) is 22.7. The average Bonchev–Trinajstić information content (AvgIpc) is 2.80. The molecule has 0 aromatic heterocycles. The molecule has 33 heavy (non-hydrogen) atoms. The highest BCUT2D eigenvalue weighted by atomic mass is 16.5. The van der Waals surface area contributed by atoms with E-state index in [2.05, 4.69) is 47.1 Å². The summed E-state index contributed by atoms with van der Waals surface area (Å²) < 4.78 is 5.81. The fourth-order valence-electron chi connectivity index (χ4n) is 4.38. The Morgan fingerprint density at radius 2 is 1.64 bits per heavy atom. The molecule has 4 rings (SSSR count). The Hall–Kier alpha value is -3.51. The van der Waals surface area contributed by atoms with Gasteiger partial charge in [-0.1, -0.05) is 18.2 Å². The number of carbonyl (C=O) groups excluding carboxylic acids is 1. The lowest BCUT2D eigenvalue weighted by atomic mass is 9.83. The number of amides is 2. The van der Waals surface area contributed by atoms with Gasteiger partial charge in [-0.05, 0) is 98.9 Å². The molecule has 3 aromatic rings. The van der Waals surface area contributed by atoms with Crippen molar-refractivity contribution in [1.82, 2.24) is 4.90 Å². The molecule has 172 valence electrons. The zero-order valence-corrected chi connectivity index (χ0v) is 19.5. The molecule has 0 saturated heterocycles. The van der Waals surface area contributed by atoms with E-state index in [1.807, 2.05) is 61.6 Å². The van der Waals surface area contributed by atoms with Crippen molar-refractivity contribution in [1.29, 1.82) is 0 Å². The van der Waals surface area contributed by atoms with Crippen LogP contribution in [0, 0.1) is 5.92 Å². The number of hydrogen-bond donors (Lipinski definition) is 3. The van der Waals surface area contributed by atoms with Gasteiger partial charge in [-0.3, -0.25) is 0 Å². The van der Waals surface area contributed by atoms with Gasteiger partial charge in [0, 0.05) is 19.3 Å². The highest BCUT2D eigenvalue weighted by Gasteiger charge is 2.21. The molecular formula is C27H32N4O2. The van der Waals surface area contributed by atoms with E-state index in [1.54, 1.807) is 0 Å². The van der Waals surface area contributed by atoms with Gasteiger partial charge in [0.05, 0.1) is 11.4 Å². The van der Waals surface area contributed by atoms with Crippen molar-refractivity contribution in [2.24, 2.45) is 5.92 Å². The summed E-state index contributed by atoms with van der Waals surface area (Å²) >= 11 is 0. The molecule has 1 aliphatic rings. The minimum atomic E-state index is -0.274. The number of ether oxygens (including phenoxy) is 1. The second kappa shape index (κ2) is 10.4. The fraction of sp³-hybridized carbons (Fsp3) is 0.296. The van der Waals surface area contributed by atoms with E-state index in [0.29, 0.717) is 17.4 Å². The van der Waals surface area contributed by atoms with Crippen molar-refractivity contribution >= 4 is 23.1 Å². The van der Waals surface area contributed by atoms with Gasteiger partial charge in [-0.2, -0.15) is 0 Å². The number of carbonyl (C=O) groups is 1. The van der Waals surface area contributed by atoms with Crippen LogP contribution < -0.4 is 20.7 Å². The lowest BCUT2D eigenvalue weighted by Gasteiger charge is -2.28. The van der Waals surface area contributed by atoms with E-state index in [0.717, 1.165) is 36.5 Å². The number of nitrogens with one attached hydrogen (secondary N) is 3. The van der Waals surface area contributed by atoms with E-state index >= 15 is 0 Å². The van der Waals surface area contributed by atoms with Crippen molar-refractivity contribution in [3.63, 3.8) is 0 Å². The molecule has 1 unspecified atom stereocenters. The number of benzene rings is 3. The van der Waals surface area contributed by atoms with Gasteiger partial charge >= 0.3 is 6.03 Å². The van der Waals surface area contributed by atoms with E-state index in [9.17, 15) is 4.79 Å². The van der Waals surface area contributed by atoms with Crippen LogP contribution in [0.5, 0.6) is 11.5 Å². The number of rotatable bonds is 7. The zero-order valence-electron chi connectivity index (χ0n) is 19.5. The van der Waals surface area contributed by atoms with E-state index in [-0.39, 0.29) is 6.03 Å². The fourth-order valence-corrected chi connectivity index (χ4v) is 4.38. The normalized spacial score (nSPS) is 15.0. The minimum Gasteiger partial charge on any atom is -0.457 e. The van der Waals surface area contributed by atoms with Crippen LogP contribution in [-0.4, -0.2) is 38.6 Å². The molecule has 6 heteroatoms. The van der Waals surface area contributed by atoms with Crippen LogP contribution in [0.1, 0.15) is 17.5 Å². The van der Waals surface area contributed by atoms with Gasteiger partial charge < -0.3 is 25.6 Å². The highest BCUT2D eigenvalue weighted by molar-refractivity contribution is 6.02. The zero-order chi connectivity index (χ0) is 23.2. The van der Waals surface area contributed by atoms with Crippen molar-refractivity contribution in [3.8, 4) is 11.5 Å². The third-order valence-corrected chi connectivity index (χ3v) is 5.90. The number of hydrogen-bond acceptors (Lipinski definition) is 4. The SMILES string of the molecule is CNc1cc2c(cc1NC(=O)Nc1ccc(Oc3ccccc3)cc1)CCC(CN(C)C)C2. The summed E-state index contributed by atoms with van der Waals surface area (Å²) in [5.41, 5.74) is 5.12. The smallest absolute Gasteiger partial charge is 0.323 e. The largest absolute Gasteiger partial charge is 0.457 e. The van der Waals surface area contributed by atoms with Crippen molar-refractivity contribution < 1.29 is 9.53 Å². The molecule has 0 aliphatic heterocycles. The summed E-state index contributed by atoms with van der Waals surface area (Å²) in [6, 6.07) is 21.0. The van der Waals surface area contributed by atoms with E-state index < -0.39 is 0 Å². The molecule has 3 N–H and O–H groups in total. The molecule has 6 nitrogen and oxygen atoms in total. The number of aryl methyl sites for hydroxylation is 1. The molecule has 0 fully saturated rings. The number of fused-ring (bicyclic) bond motifs is 1. The lowest BCUT2D eigenvalue weighted by Crippen LogP contribution is -2.27. The Morgan fingerprint density at radius 1 is 0.939 bits per heavy atom. The maximum absolute atomic E-state index is 12.7. The maximum Gasteiger partial charge on any atom is 0.323 e. The van der Waals surface area contributed by atoms with Crippen LogP contribution in [0.25, 0.3) is 0 Å². The van der Waals surface area contributed by atoms with Crippen LogP contribution >= 0.6 is 0 Å². The Bertz CT molecular complexity index is 1080. The van der Waals surface area contributed by atoms with Crippen LogP contribution in [0.15, 0.2) is 66.7 Å². The van der Waals surface area contributed by atoms with Crippen molar-refractivity contribution in [2.75, 3.05) is 43.6 Å². The number of urea groups is 1. The Labute approximate surface area is 196 Å². The summed E-state index contributed by atoms with van der Waals surface area (Å²) in [7, 11) is 6.14. The lowest BCUT2D eigenvalue weighted by molar-refractivity contribution is 0.262. The molecule has 0 saturated carbocycles. The maximum atomic E-state index is 12.7. The van der Waals surface area contributed by atoms with Gasteiger partial charge in [-0.15, -0.1) is 0 Å². The Morgan fingerprint density at radius 3 is 2.33 bits per heavy atom. The Kier molecular flexibility index (Phi) is 7.15. The molecule has 0 heterocycles. The predicted octanol–water partition coefficient (Wildman–Crippen LogP) is 5.83. The molecule has 0 radical (unpaired) electrons. The third-order valence-electron chi connectivity index (χ3n) is 5.90. The van der Waals surface area contributed by atoms with Crippen LogP contribution in [0.3, 0.4) is 0 Å². The highest BCUT2D eigenvalue weighted by Crippen LogP contribution is 2.33. The summed E-state index contributed by atoms with van der Waals surface area (Å²) in [4.78, 5) is 14.9. The van der Waals surface area contributed by atoms with E-state index in [4.69, 9.17) is 4.74 Å². The summed E-state index contributed by atoms with van der Waals surface area (Å²) in [5.74, 6) is 2.16. The quantitative estimate of drug-likeness (QED) is 0.429. The topological polar surface area (TPSA) is 65.6 Å². The van der Waals surface area contributed by atoms with Gasteiger partial charge in [0.1, 0.15) is 11.5 Å². The third kappa shape index (κ3) is 6.05. The predicted molar refractivity (Wildman–Crippen MR) is 136 cm³/mol. The van der Waals surface area contributed by atoms with Gasteiger partial charge in [-0.25, -0.2) is 4.79 Å². The Balaban J connectivity index is 1.39. The number of nitrogens with zero attached hydrogens (tertiary/aromatic N) is 1. The molecule has 1 aliphatic carbocycles. The van der Waals surface area contributed by atoms with Crippen molar-refractivity contribution in [3.05, 3.63) is 77.9 Å². The standard InChI is InChI=1S/C27H32N4O2/c1-28-25-17-21-15-19(18-31(2)3)9-10-20(21)16-26(25)30-27(32)29-22-11-13-24(14-12-22)33-23-7-5-4-6-8-23/h4-8,11-14,16-17,19,28H,9-10,15,18H2,1-3H3,(H2,29,30,32). The number of anilines is 3. The summed E-state index contributed by atoms with van der Waals surface area (Å²) in [6.07, 6.45) is 3.29. The summed E-state index contributed by atoms with van der Waals surface area (Å²) in [6.45, 7) is 1.10. The molecule has 3 aromatic carbocycles. The van der Waals surface area contributed by atoms with E-state index in [1.165, 1.54) is 17.5 Å². The molecule has 0 bridgehead atoms. The first-order valence-electron chi connectivity index (χ1n) is 11.4. The monoisotopic (exact) mass is 444 g/mol. The number of para-hydroxylation sites is 1. The first-order chi connectivity index (χ1) is 16.0. The molecule has 0 spiro atoms. The average molecular weight is 445 g/mol. The molecular weight excluding hydrogens is 412 g/mol. The minimum absolute atomic E-state index is 0.274.